The summed E-state index contributed by atoms with van der Waals surface area (Å²) in [6, 6.07) is 0.447. The number of hydrogen-bond acceptors (Lipinski definition) is 3. The first-order valence-electron chi connectivity index (χ1n) is 7.66. The van der Waals surface area contributed by atoms with E-state index in [1.807, 2.05) is 11.7 Å². The molecule has 1 aromatic heterocycles. The van der Waals surface area contributed by atoms with Crippen LogP contribution in [0.2, 0.25) is 0 Å². The lowest BCUT2D eigenvalue weighted by Gasteiger charge is -2.37. The highest BCUT2D eigenvalue weighted by Gasteiger charge is 2.27. The first-order valence-corrected chi connectivity index (χ1v) is 7.66. The maximum Gasteiger partial charge on any atom is 0.131 e. The second-order valence-electron chi connectivity index (χ2n) is 6.84. The molecule has 4 nitrogen and oxygen atoms in total. The van der Waals surface area contributed by atoms with Crippen molar-refractivity contribution >= 4 is 5.82 Å². The Kier molecular flexibility index (Phi) is 5.63. The predicted molar refractivity (Wildman–Crippen MR) is 87.3 cm³/mol. The molecule has 0 aliphatic heterocycles. The van der Waals surface area contributed by atoms with Gasteiger partial charge in [-0.25, -0.2) is 0 Å². The van der Waals surface area contributed by atoms with E-state index in [0.29, 0.717) is 6.04 Å². The van der Waals surface area contributed by atoms with Crippen LogP contribution in [0.4, 0.5) is 5.82 Å². The van der Waals surface area contributed by atoms with Crippen LogP contribution in [-0.4, -0.2) is 29.4 Å². The molecular weight excluding hydrogens is 248 g/mol. The number of rotatable bonds is 6. The third kappa shape index (κ3) is 3.75. The summed E-state index contributed by atoms with van der Waals surface area (Å²) >= 11 is 0. The summed E-state index contributed by atoms with van der Waals surface area (Å²) in [4.78, 5) is 2.36. The monoisotopic (exact) mass is 280 g/mol. The van der Waals surface area contributed by atoms with Crippen LogP contribution < -0.4 is 10.2 Å². The highest BCUT2D eigenvalue weighted by atomic mass is 15.4. The Hall–Kier alpha value is -1.03. The maximum absolute atomic E-state index is 4.61. The molecule has 1 rings (SSSR count). The summed E-state index contributed by atoms with van der Waals surface area (Å²) in [5, 5.41) is 8.11. The van der Waals surface area contributed by atoms with Gasteiger partial charge in [0.05, 0.1) is 5.69 Å². The fraction of sp³-hybridized carbons (Fsp3) is 0.812. The largest absolute Gasteiger partial charge is 0.356 e. The minimum Gasteiger partial charge on any atom is -0.356 e. The van der Waals surface area contributed by atoms with E-state index >= 15 is 0 Å². The minimum atomic E-state index is 0.237. The van der Waals surface area contributed by atoms with Gasteiger partial charge >= 0.3 is 0 Å². The van der Waals surface area contributed by atoms with Gasteiger partial charge in [0.15, 0.2) is 0 Å². The van der Waals surface area contributed by atoms with E-state index in [1.165, 1.54) is 11.4 Å². The molecule has 1 unspecified atom stereocenters. The quantitative estimate of drug-likeness (QED) is 0.813. The molecule has 20 heavy (non-hydrogen) atoms. The Morgan fingerprint density at radius 1 is 1.35 bits per heavy atom. The van der Waals surface area contributed by atoms with Crippen molar-refractivity contribution in [2.24, 2.45) is 12.5 Å². The van der Waals surface area contributed by atoms with Crippen LogP contribution in [0, 0.1) is 12.3 Å². The lowest BCUT2D eigenvalue weighted by molar-refractivity contribution is 0.326. The van der Waals surface area contributed by atoms with Gasteiger partial charge in [-0.05, 0) is 32.2 Å². The molecule has 0 amide bonds. The maximum atomic E-state index is 4.61. The number of hydrogen-bond donors (Lipinski definition) is 1. The van der Waals surface area contributed by atoms with E-state index in [-0.39, 0.29) is 5.41 Å². The molecule has 1 N–H and O–H groups in total. The third-order valence-corrected chi connectivity index (χ3v) is 4.21. The molecule has 0 radical (unpaired) electrons. The van der Waals surface area contributed by atoms with Gasteiger partial charge in [0.1, 0.15) is 5.82 Å². The fourth-order valence-electron chi connectivity index (χ4n) is 2.49. The predicted octanol–water partition coefficient (Wildman–Crippen LogP) is 3.10. The van der Waals surface area contributed by atoms with Crippen LogP contribution in [-0.2, 0) is 13.6 Å². The second kappa shape index (κ2) is 6.61. The van der Waals surface area contributed by atoms with Gasteiger partial charge in [-0.15, -0.1) is 0 Å². The van der Waals surface area contributed by atoms with Crippen LogP contribution in [0.1, 0.15) is 52.3 Å². The molecule has 0 saturated carbocycles. The number of nitrogens with zero attached hydrogens (tertiary/aromatic N) is 3. The lowest BCUT2D eigenvalue weighted by Crippen LogP contribution is -2.41. The molecule has 1 aromatic rings. The van der Waals surface area contributed by atoms with Gasteiger partial charge in [0.25, 0.3) is 0 Å². The Balaban J connectivity index is 3.04. The van der Waals surface area contributed by atoms with Crippen LogP contribution in [0.5, 0.6) is 0 Å². The first kappa shape index (κ1) is 17.0. The van der Waals surface area contributed by atoms with Crippen molar-refractivity contribution in [2.45, 2.75) is 60.5 Å². The zero-order valence-corrected chi connectivity index (χ0v) is 14.5. The summed E-state index contributed by atoms with van der Waals surface area (Å²) in [6.07, 6.45) is 1.16. The summed E-state index contributed by atoms with van der Waals surface area (Å²) in [6.45, 7) is 15.4. The third-order valence-electron chi connectivity index (χ3n) is 4.21. The topological polar surface area (TPSA) is 33.1 Å². The summed E-state index contributed by atoms with van der Waals surface area (Å²) in [7, 11) is 4.22. The van der Waals surface area contributed by atoms with Crippen LogP contribution in [0.15, 0.2) is 0 Å². The van der Waals surface area contributed by atoms with E-state index in [2.05, 4.69) is 63.9 Å². The highest BCUT2D eigenvalue weighted by Crippen LogP contribution is 2.30. The molecule has 0 saturated heterocycles. The van der Waals surface area contributed by atoms with Crippen molar-refractivity contribution in [1.82, 2.24) is 15.1 Å². The minimum absolute atomic E-state index is 0.237. The molecule has 4 heteroatoms. The number of anilines is 1. The van der Waals surface area contributed by atoms with Crippen molar-refractivity contribution in [1.29, 1.82) is 0 Å². The first-order chi connectivity index (χ1) is 9.20. The molecule has 116 valence electrons. The Bertz CT molecular complexity index is 428. The fourth-order valence-corrected chi connectivity index (χ4v) is 2.49. The number of nitrogens with one attached hydrogen (secondary N) is 1. The highest BCUT2D eigenvalue weighted by molar-refractivity contribution is 5.50. The van der Waals surface area contributed by atoms with E-state index in [1.54, 1.807) is 0 Å². The second-order valence-corrected chi connectivity index (χ2v) is 6.84. The Morgan fingerprint density at radius 3 is 2.45 bits per heavy atom. The van der Waals surface area contributed by atoms with Gasteiger partial charge < -0.3 is 10.2 Å². The van der Waals surface area contributed by atoms with Crippen LogP contribution >= 0.6 is 0 Å². The van der Waals surface area contributed by atoms with Crippen molar-refractivity contribution in [3.05, 3.63) is 11.3 Å². The summed E-state index contributed by atoms with van der Waals surface area (Å²) in [5.41, 5.74) is 2.68. The van der Waals surface area contributed by atoms with E-state index in [0.717, 1.165) is 25.2 Å². The Labute approximate surface area is 124 Å². The average molecular weight is 280 g/mol. The molecule has 0 aliphatic rings. The molecular formula is C16H32N4. The smallest absolute Gasteiger partial charge is 0.131 e. The van der Waals surface area contributed by atoms with Gasteiger partial charge in [-0.1, -0.05) is 27.7 Å². The van der Waals surface area contributed by atoms with E-state index in [9.17, 15) is 0 Å². The number of aryl methyl sites for hydroxylation is 2. The van der Waals surface area contributed by atoms with Crippen molar-refractivity contribution in [2.75, 3.05) is 18.5 Å². The summed E-state index contributed by atoms with van der Waals surface area (Å²) in [5.74, 6) is 1.23. The average Bonchev–Trinajstić information content (AvgIpc) is 2.61. The van der Waals surface area contributed by atoms with Gasteiger partial charge in [-0.2, -0.15) is 5.10 Å². The van der Waals surface area contributed by atoms with Gasteiger partial charge in [0, 0.05) is 32.2 Å². The van der Waals surface area contributed by atoms with Crippen molar-refractivity contribution in [3.8, 4) is 0 Å². The molecule has 0 aliphatic carbocycles. The molecule has 0 aromatic carbocycles. The van der Waals surface area contributed by atoms with E-state index in [4.69, 9.17) is 0 Å². The molecule has 1 atom stereocenters. The van der Waals surface area contributed by atoms with Gasteiger partial charge in [0.2, 0.25) is 0 Å². The SMILES string of the molecule is CCCNCc1c(C)nn(C)c1N(C)C(C)C(C)(C)C. The number of aromatic nitrogens is 2. The zero-order valence-electron chi connectivity index (χ0n) is 14.5. The van der Waals surface area contributed by atoms with Gasteiger partial charge in [-0.3, -0.25) is 4.68 Å². The molecule has 1 heterocycles. The van der Waals surface area contributed by atoms with Crippen LogP contribution in [0.3, 0.4) is 0 Å². The van der Waals surface area contributed by atoms with Crippen LogP contribution in [0.25, 0.3) is 0 Å². The van der Waals surface area contributed by atoms with Crippen molar-refractivity contribution in [3.63, 3.8) is 0 Å². The Morgan fingerprint density at radius 2 is 1.95 bits per heavy atom. The van der Waals surface area contributed by atoms with E-state index < -0.39 is 0 Å². The summed E-state index contributed by atoms with van der Waals surface area (Å²) < 4.78 is 2.01. The lowest BCUT2D eigenvalue weighted by atomic mass is 9.87. The molecule has 0 fully saturated rings. The standard InChI is InChI=1S/C16H32N4/c1-9-10-17-11-14-12(2)18-20(8)15(14)19(7)13(3)16(4,5)6/h13,17H,9-11H2,1-8H3. The normalized spacial score (nSPS) is 13.6. The zero-order chi connectivity index (χ0) is 15.5. The van der Waals surface area contributed by atoms with Crippen molar-refractivity contribution < 1.29 is 0 Å². The molecule has 0 spiro atoms. The molecule has 0 bridgehead atoms.